The predicted molar refractivity (Wildman–Crippen MR) is 87.0 cm³/mol. The molecule has 0 aliphatic rings. The summed E-state index contributed by atoms with van der Waals surface area (Å²) in [5.74, 6) is 1.23. The summed E-state index contributed by atoms with van der Waals surface area (Å²) in [6.07, 6.45) is 0. The first kappa shape index (κ1) is 15.2. The third-order valence-electron chi connectivity index (χ3n) is 2.42. The summed E-state index contributed by atoms with van der Waals surface area (Å²) in [5, 5.41) is 3.30. The molecule has 0 aliphatic carbocycles. The number of methoxy groups -OCH3 is 1. The van der Waals surface area contributed by atoms with Crippen molar-refractivity contribution in [1.82, 2.24) is 0 Å². The highest BCUT2D eigenvalue weighted by atomic mass is 79.9. The van der Waals surface area contributed by atoms with Crippen LogP contribution in [-0.2, 0) is 11.9 Å². The lowest BCUT2D eigenvalue weighted by atomic mass is 10.2. The van der Waals surface area contributed by atoms with E-state index in [2.05, 4.69) is 31.9 Å². The summed E-state index contributed by atoms with van der Waals surface area (Å²) in [6, 6.07) is 5.82. The molecule has 2 nitrogen and oxygen atoms in total. The number of rotatable bonds is 5. The number of thiophene rings is 1. The second kappa shape index (κ2) is 6.97. The quantitative estimate of drug-likeness (QED) is 0.576. The highest BCUT2D eigenvalue weighted by Crippen LogP contribution is 2.37. The highest BCUT2D eigenvalue weighted by Gasteiger charge is 2.12. The summed E-state index contributed by atoms with van der Waals surface area (Å²) in [7, 11) is 1.61. The zero-order valence-corrected chi connectivity index (χ0v) is 14.8. The Bertz CT molecular complexity index is 572. The largest absolute Gasteiger partial charge is 0.493 e. The van der Waals surface area contributed by atoms with Crippen LogP contribution in [0.1, 0.15) is 10.4 Å². The first-order valence-electron chi connectivity index (χ1n) is 5.42. The van der Waals surface area contributed by atoms with Crippen LogP contribution in [0, 0.1) is 0 Å². The van der Waals surface area contributed by atoms with Crippen LogP contribution >= 0.6 is 54.8 Å². The van der Waals surface area contributed by atoms with Gasteiger partial charge in [0.25, 0.3) is 0 Å². The van der Waals surface area contributed by atoms with Crippen molar-refractivity contribution in [1.29, 1.82) is 0 Å². The SMILES string of the molecule is COc1cc(CBr)cc(Cl)c1OCc1cc(Br)cs1. The van der Waals surface area contributed by atoms with Crippen LogP contribution in [0.25, 0.3) is 0 Å². The van der Waals surface area contributed by atoms with Crippen LogP contribution in [-0.4, -0.2) is 7.11 Å². The topological polar surface area (TPSA) is 18.5 Å². The molecule has 102 valence electrons. The van der Waals surface area contributed by atoms with E-state index in [0.29, 0.717) is 23.1 Å². The summed E-state index contributed by atoms with van der Waals surface area (Å²) >= 11 is 14.7. The third-order valence-corrected chi connectivity index (χ3v) is 5.02. The van der Waals surface area contributed by atoms with Crippen LogP contribution in [0.15, 0.2) is 28.1 Å². The van der Waals surface area contributed by atoms with Gasteiger partial charge in [0.05, 0.1) is 12.1 Å². The van der Waals surface area contributed by atoms with E-state index in [4.69, 9.17) is 21.1 Å². The molecule has 2 rings (SSSR count). The molecule has 0 saturated carbocycles. The van der Waals surface area contributed by atoms with Gasteiger partial charge in [0.2, 0.25) is 0 Å². The number of benzene rings is 1. The van der Waals surface area contributed by atoms with Crippen LogP contribution in [0.5, 0.6) is 11.5 Å². The van der Waals surface area contributed by atoms with Crippen LogP contribution < -0.4 is 9.47 Å². The molecule has 0 radical (unpaired) electrons. The van der Waals surface area contributed by atoms with Gasteiger partial charge in [-0.2, -0.15) is 0 Å². The summed E-state index contributed by atoms with van der Waals surface area (Å²) in [4.78, 5) is 1.12. The molecule has 2 aromatic rings. The normalized spacial score (nSPS) is 10.5. The van der Waals surface area contributed by atoms with Crippen molar-refractivity contribution >= 4 is 54.8 Å². The van der Waals surface area contributed by atoms with Crippen LogP contribution in [0.2, 0.25) is 5.02 Å². The average Bonchev–Trinajstić information content (AvgIpc) is 2.82. The van der Waals surface area contributed by atoms with Crippen molar-refractivity contribution in [3.8, 4) is 11.5 Å². The summed E-state index contributed by atoms with van der Waals surface area (Å²) in [6.45, 7) is 0.472. The fourth-order valence-corrected chi connectivity index (χ4v) is 3.54. The van der Waals surface area contributed by atoms with Gasteiger partial charge in [-0.25, -0.2) is 0 Å². The van der Waals surface area contributed by atoms with Crippen LogP contribution in [0.3, 0.4) is 0 Å². The molecule has 6 heteroatoms. The molecular weight excluding hydrogens is 415 g/mol. The lowest BCUT2D eigenvalue weighted by Crippen LogP contribution is -1.98. The molecule has 0 bridgehead atoms. The van der Waals surface area contributed by atoms with Gasteiger partial charge < -0.3 is 9.47 Å². The minimum absolute atomic E-state index is 0.472. The van der Waals surface area contributed by atoms with Gasteiger partial charge in [-0.3, -0.25) is 0 Å². The number of ether oxygens (including phenoxy) is 2. The molecule has 0 aliphatic heterocycles. The van der Waals surface area contributed by atoms with Crippen molar-refractivity contribution in [2.45, 2.75) is 11.9 Å². The van der Waals surface area contributed by atoms with E-state index in [-0.39, 0.29) is 0 Å². The van der Waals surface area contributed by atoms with E-state index in [1.165, 1.54) is 0 Å². The molecule has 0 fully saturated rings. The van der Waals surface area contributed by atoms with Crippen molar-refractivity contribution in [3.63, 3.8) is 0 Å². The Morgan fingerprint density at radius 1 is 1.32 bits per heavy atom. The maximum Gasteiger partial charge on any atom is 0.180 e. The van der Waals surface area contributed by atoms with E-state index in [9.17, 15) is 0 Å². The molecular formula is C13H11Br2ClO2S. The summed E-state index contributed by atoms with van der Waals surface area (Å²) < 4.78 is 12.2. The number of halogens is 3. The van der Waals surface area contributed by atoms with Crippen LogP contribution in [0.4, 0.5) is 0 Å². The first-order valence-corrected chi connectivity index (χ1v) is 8.59. The van der Waals surface area contributed by atoms with Gasteiger partial charge in [-0.1, -0.05) is 27.5 Å². The first-order chi connectivity index (χ1) is 9.13. The van der Waals surface area contributed by atoms with Gasteiger partial charge in [0.1, 0.15) is 6.61 Å². The Kier molecular flexibility index (Phi) is 5.57. The maximum absolute atomic E-state index is 6.23. The minimum atomic E-state index is 0.472. The predicted octanol–water partition coefficient (Wildman–Crippen LogP) is 5.65. The molecule has 1 heterocycles. The smallest absolute Gasteiger partial charge is 0.180 e. The Labute approximate surface area is 137 Å². The van der Waals surface area contributed by atoms with Gasteiger partial charge in [0, 0.05) is 20.1 Å². The Balaban J connectivity index is 2.19. The number of hydrogen-bond acceptors (Lipinski definition) is 3. The van der Waals surface area contributed by atoms with E-state index < -0.39 is 0 Å². The standard InChI is InChI=1S/C13H11Br2ClO2S/c1-17-12-3-8(5-14)2-11(16)13(12)18-6-10-4-9(15)7-19-10/h2-4,7H,5-6H2,1H3. The van der Waals surface area contributed by atoms with Gasteiger partial charge in [-0.05, 0) is 39.7 Å². The maximum atomic E-state index is 6.23. The zero-order chi connectivity index (χ0) is 13.8. The van der Waals surface area contributed by atoms with Crippen molar-refractivity contribution in [3.05, 3.63) is 43.5 Å². The second-order valence-corrected chi connectivity index (χ2v) is 6.64. The fourth-order valence-electron chi connectivity index (χ4n) is 1.56. The summed E-state index contributed by atoms with van der Waals surface area (Å²) in [5.41, 5.74) is 1.05. The monoisotopic (exact) mass is 424 g/mol. The van der Waals surface area contributed by atoms with Crippen molar-refractivity contribution in [2.24, 2.45) is 0 Å². The van der Waals surface area contributed by atoms with Crippen molar-refractivity contribution < 1.29 is 9.47 Å². The molecule has 0 N–H and O–H groups in total. The molecule has 1 aromatic heterocycles. The number of hydrogen-bond donors (Lipinski definition) is 0. The van der Waals surface area contributed by atoms with Gasteiger partial charge in [0.15, 0.2) is 11.5 Å². The van der Waals surface area contributed by atoms with Crippen molar-refractivity contribution in [2.75, 3.05) is 7.11 Å². The molecule has 0 atom stereocenters. The van der Waals surface area contributed by atoms with E-state index in [0.717, 1.165) is 20.2 Å². The van der Waals surface area contributed by atoms with E-state index in [1.807, 2.05) is 23.6 Å². The van der Waals surface area contributed by atoms with E-state index in [1.54, 1.807) is 18.4 Å². The average molecular weight is 427 g/mol. The molecule has 0 saturated heterocycles. The second-order valence-electron chi connectivity index (χ2n) is 3.76. The molecule has 0 spiro atoms. The van der Waals surface area contributed by atoms with E-state index >= 15 is 0 Å². The zero-order valence-electron chi connectivity index (χ0n) is 10.1. The molecule has 19 heavy (non-hydrogen) atoms. The van der Waals surface area contributed by atoms with Gasteiger partial charge >= 0.3 is 0 Å². The fraction of sp³-hybridized carbons (Fsp3) is 0.231. The molecule has 0 amide bonds. The van der Waals surface area contributed by atoms with Gasteiger partial charge in [-0.15, -0.1) is 11.3 Å². The Morgan fingerprint density at radius 2 is 2.11 bits per heavy atom. The lowest BCUT2D eigenvalue weighted by Gasteiger charge is -2.13. The number of alkyl halides is 1. The molecule has 1 aromatic carbocycles. The lowest BCUT2D eigenvalue weighted by molar-refractivity contribution is 0.287. The third kappa shape index (κ3) is 3.88. The Morgan fingerprint density at radius 3 is 2.68 bits per heavy atom. The highest BCUT2D eigenvalue weighted by molar-refractivity contribution is 9.10. The minimum Gasteiger partial charge on any atom is -0.493 e. The Hall–Kier alpha value is -0.230. The molecule has 0 unspecified atom stereocenters.